The molecular weight excluding hydrogens is 356 g/mol. The second-order valence-corrected chi connectivity index (χ2v) is 8.28. The highest BCUT2D eigenvalue weighted by Crippen LogP contribution is 2.33. The molecule has 2 aromatic carbocycles. The number of carbonyl (C=O) groups is 1. The standard InChI is InChI=1S/C18H18N2O5S/c1-12-3-5-14(10-15(12)20-7-2-8-26(20,22)23)19-18(21)13-4-6-16-17(9-13)25-11-24-16/h3-6,9-10H,2,7-8,11H2,1H3,(H,19,21). The number of carbonyl (C=O) groups excluding carboxylic acids is 1. The summed E-state index contributed by atoms with van der Waals surface area (Å²) in [5, 5.41) is 2.81. The van der Waals surface area contributed by atoms with Gasteiger partial charge in [0.1, 0.15) is 0 Å². The molecule has 8 heteroatoms. The highest BCUT2D eigenvalue weighted by atomic mass is 32.2. The molecule has 2 aromatic rings. The van der Waals surface area contributed by atoms with Crippen molar-refractivity contribution in [3.05, 3.63) is 47.5 Å². The number of nitrogens with zero attached hydrogens (tertiary/aromatic N) is 1. The third-order valence-electron chi connectivity index (χ3n) is 4.47. The van der Waals surface area contributed by atoms with E-state index in [1.165, 1.54) is 4.31 Å². The topological polar surface area (TPSA) is 84.9 Å². The van der Waals surface area contributed by atoms with Crippen LogP contribution < -0.4 is 19.1 Å². The van der Waals surface area contributed by atoms with Gasteiger partial charge in [-0.05, 0) is 49.2 Å². The molecule has 136 valence electrons. The van der Waals surface area contributed by atoms with E-state index < -0.39 is 10.0 Å². The first-order valence-corrected chi connectivity index (χ1v) is 9.87. The van der Waals surface area contributed by atoms with Crippen molar-refractivity contribution in [3.8, 4) is 11.5 Å². The van der Waals surface area contributed by atoms with Crippen molar-refractivity contribution in [1.29, 1.82) is 0 Å². The number of hydrogen-bond acceptors (Lipinski definition) is 5. The van der Waals surface area contributed by atoms with Crippen LogP contribution in [-0.4, -0.2) is 33.4 Å². The molecule has 2 aliphatic heterocycles. The molecule has 2 aliphatic rings. The summed E-state index contributed by atoms with van der Waals surface area (Å²) in [7, 11) is -3.28. The van der Waals surface area contributed by atoms with Crippen LogP contribution in [0, 0.1) is 6.92 Å². The minimum atomic E-state index is -3.28. The summed E-state index contributed by atoms with van der Waals surface area (Å²) in [4.78, 5) is 12.5. The molecule has 1 amide bonds. The summed E-state index contributed by atoms with van der Waals surface area (Å²) < 4.78 is 36.3. The van der Waals surface area contributed by atoms with Gasteiger partial charge >= 0.3 is 0 Å². The van der Waals surface area contributed by atoms with E-state index in [0.717, 1.165) is 5.56 Å². The Labute approximate surface area is 151 Å². The van der Waals surface area contributed by atoms with Crippen molar-refractivity contribution >= 4 is 27.3 Å². The second-order valence-electron chi connectivity index (χ2n) is 6.27. The highest BCUT2D eigenvalue weighted by molar-refractivity contribution is 7.93. The quantitative estimate of drug-likeness (QED) is 0.892. The smallest absolute Gasteiger partial charge is 0.255 e. The van der Waals surface area contributed by atoms with Crippen LogP contribution in [0.15, 0.2) is 36.4 Å². The molecule has 2 heterocycles. The lowest BCUT2D eigenvalue weighted by Crippen LogP contribution is -2.26. The van der Waals surface area contributed by atoms with Crippen molar-refractivity contribution < 1.29 is 22.7 Å². The minimum absolute atomic E-state index is 0.145. The number of sulfonamides is 1. The predicted molar refractivity (Wildman–Crippen MR) is 97.4 cm³/mol. The van der Waals surface area contributed by atoms with Crippen LogP contribution in [0.1, 0.15) is 22.3 Å². The number of rotatable bonds is 3. The summed E-state index contributed by atoms with van der Waals surface area (Å²) >= 11 is 0. The van der Waals surface area contributed by atoms with Crippen LogP contribution in [-0.2, 0) is 10.0 Å². The fraction of sp³-hybridized carbons (Fsp3) is 0.278. The van der Waals surface area contributed by atoms with Crippen LogP contribution in [0.4, 0.5) is 11.4 Å². The van der Waals surface area contributed by atoms with Gasteiger partial charge in [-0.15, -0.1) is 0 Å². The third kappa shape index (κ3) is 2.96. The zero-order valence-electron chi connectivity index (χ0n) is 14.2. The van der Waals surface area contributed by atoms with Crippen molar-refractivity contribution in [2.24, 2.45) is 0 Å². The van der Waals surface area contributed by atoms with E-state index in [-0.39, 0.29) is 18.5 Å². The molecule has 0 radical (unpaired) electrons. The Hall–Kier alpha value is -2.74. The third-order valence-corrected chi connectivity index (χ3v) is 6.33. The van der Waals surface area contributed by atoms with E-state index >= 15 is 0 Å². The van der Waals surface area contributed by atoms with E-state index in [1.807, 2.05) is 6.92 Å². The molecule has 0 unspecified atom stereocenters. The van der Waals surface area contributed by atoms with Gasteiger partial charge in [0.15, 0.2) is 11.5 Å². The largest absolute Gasteiger partial charge is 0.454 e. The molecule has 0 aromatic heterocycles. The number of benzene rings is 2. The van der Waals surface area contributed by atoms with Crippen LogP contribution >= 0.6 is 0 Å². The Morgan fingerprint density at radius 2 is 1.92 bits per heavy atom. The molecule has 0 spiro atoms. The van der Waals surface area contributed by atoms with Gasteiger partial charge in [-0.3, -0.25) is 9.10 Å². The van der Waals surface area contributed by atoms with E-state index in [1.54, 1.807) is 36.4 Å². The number of aryl methyl sites for hydroxylation is 1. The molecule has 0 saturated carbocycles. The van der Waals surface area contributed by atoms with Gasteiger partial charge in [0.25, 0.3) is 5.91 Å². The summed E-state index contributed by atoms with van der Waals surface area (Å²) in [6.45, 7) is 2.46. The summed E-state index contributed by atoms with van der Waals surface area (Å²) in [5.74, 6) is 0.992. The van der Waals surface area contributed by atoms with Gasteiger partial charge in [-0.1, -0.05) is 6.07 Å². The zero-order valence-corrected chi connectivity index (χ0v) is 15.0. The fourth-order valence-corrected chi connectivity index (χ4v) is 4.72. The van der Waals surface area contributed by atoms with E-state index in [2.05, 4.69) is 5.32 Å². The Balaban J connectivity index is 1.59. The van der Waals surface area contributed by atoms with Crippen molar-refractivity contribution in [2.45, 2.75) is 13.3 Å². The van der Waals surface area contributed by atoms with Gasteiger partial charge in [-0.2, -0.15) is 0 Å². The van der Waals surface area contributed by atoms with Crippen LogP contribution in [0.25, 0.3) is 0 Å². The predicted octanol–water partition coefficient (Wildman–Crippen LogP) is 2.52. The van der Waals surface area contributed by atoms with Gasteiger partial charge in [0.05, 0.1) is 11.4 Å². The molecule has 26 heavy (non-hydrogen) atoms. The first-order valence-electron chi connectivity index (χ1n) is 8.26. The molecule has 0 bridgehead atoms. The average Bonchev–Trinajstić information content (AvgIpc) is 3.21. The van der Waals surface area contributed by atoms with Gasteiger partial charge in [-0.25, -0.2) is 8.42 Å². The van der Waals surface area contributed by atoms with Crippen molar-refractivity contribution in [3.63, 3.8) is 0 Å². The van der Waals surface area contributed by atoms with E-state index in [9.17, 15) is 13.2 Å². The maximum absolute atomic E-state index is 12.5. The highest BCUT2D eigenvalue weighted by Gasteiger charge is 2.29. The zero-order chi connectivity index (χ0) is 18.3. The number of fused-ring (bicyclic) bond motifs is 1. The lowest BCUT2D eigenvalue weighted by Gasteiger charge is -2.20. The van der Waals surface area contributed by atoms with Gasteiger partial charge in [0, 0.05) is 17.8 Å². The summed E-state index contributed by atoms with van der Waals surface area (Å²) in [6, 6.07) is 10.2. The van der Waals surface area contributed by atoms with E-state index in [4.69, 9.17) is 9.47 Å². The number of nitrogens with one attached hydrogen (secondary N) is 1. The second kappa shape index (κ2) is 6.21. The molecular formula is C18H18N2O5S. The number of anilines is 2. The first kappa shape index (κ1) is 16.7. The van der Waals surface area contributed by atoms with Crippen LogP contribution in [0.2, 0.25) is 0 Å². The van der Waals surface area contributed by atoms with E-state index in [0.29, 0.717) is 41.4 Å². The number of hydrogen-bond donors (Lipinski definition) is 1. The van der Waals surface area contributed by atoms with Crippen LogP contribution in [0.3, 0.4) is 0 Å². The molecule has 7 nitrogen and oxygen atoms in total. The molecule has 0 atom stereocenters. The molecule has 4 rings (SSSR count). The summed E-state index contributed by atoms with van der Waals surface area (Å²) in [5.41, 5.74) is 2.42. The van der Waals surface area contributed by atoms with Gasteiger partial charge in [0.2, 0.25) is 16.8 Å². The minimum Gasteiger partial charge on any atom is -0.454 e. The molecule has 1 saturated heterocycles. The lowest BCUT2D eigenvalue weighted by molar-refractivity contribution is 0.102. The van der Waals surface area contributed by atoms with Crippen LogP contribution in [0.5, 0.6) is 11.5 Å². The Morgan fingerprint density at radius 3 is 2.69 bits per heavy atom. The Bertz CT molecular complexity index is 987. The fourth-order valence-electron chi connectivity index (χ4n) is 3.11. The Morgan fingerprint density at radius 1 is 1.12 bits per heavy atom. The average molecular weight is 374 g/mol. The lowest BCUT2D eigenvalue weighted by atomic mass is 10.1. The molecule has 0 aliphatic carbocycles. The van der Waals surface area contributed by atoms with Gasteiger partial charge < -0.3 is 14.8 Å². The maximum atomic E-state index is 12.5. The number of ether oxygens (including phenoxy) is 2. The van der Waals surface area contributed by atoms with Crippen molar-refractivity contribution in [2.75, 3.05) is 28.7 Å². The Kier molecular flexibility index (Phi) is 3.99. The normalized spacial score (nSPS) is 17.3. The first-order chi connectivity index (χ1) is 12.4. The monoisotopic (exact) mass is 374 g/mol. The SMILES string of the molecule is Cc1ccc(NC(=O)c2ccc3c(c2)OCO3)cc1N1CCCS1(=O)=O. The maximum Gasteiger partial charge on any atom is 0.255 e. The summed E-state index contributed by atoms with van der Waals surface area (Å²) in [6.07, 6.45) is 0.607. The van der Waals surface area contributed by atoms with Crippen molar-refractivity contribution in [1.82, 2.24) is 0 Å². The number of amides is 1. The molecule has 1 N–H and O–H groups in total. The molecule has 1 fully saturated rings.